The van der Waals surface area contributed by atoms with Gasteiger partial charge in [-0.1, -0.05) is 0 Å². The number of halogens is 4. The molecule has 0 atom stereocenters. The van der Waals surface area contributed by atoms with Crippen molar-refractivity contribution in [2.45, 2.75) is 0 Å². The molecule has 0 aromatic carbocycles. The third kappa shape index (κ3) is 4340. The van der Waals surface area contributed by atoms with Gasteiger partial charge in [0.2, 0.25) is 0 Å². The van der Waals surface area contributed by atoms with E-state index < -0.39 is 31.6 Å². The van der Waals surface area contributed by atoms with E-state index in [2.05, 4.69) is 0 Å². The Morgan fingerprint density at radius 1 is 0.455 bits per heavy atom. The van der Waals surface area contributed by atoms with E-state index in [-0.39, 0.29) is 35.9 Å². The van der Waals surface area contributed by atoms with Gasteiger partial charge in [-0.3, -0.25) is 0 Å². The van der Waals surface area contributed by atoms with Crippen LogP contribution < -0.4 is 39.1 Å². The molecule has 0 unspecified atom stereocenters. The number of rotatable bonds is 0. The average Bonchev–Trinajstić information content (AvgIpc) is 1.62. The van der Waals surface area contributed by atoms with Crippen molar-refractivity contribution in [2.75, 3.05) is 0 Å². The summed E-state index contributed by atoms with van der Waals surface area (Å²) in [6.07, 6.45) is 0. The fourth-order valence-corrected chi connectivity index (χ4v) is 0. The first-order chi connectivity index (χ1) is 8.00. The summed E-state index contributed by atoms with van der Waals surface area (Å²) < 4.78 is 74.3. The van der Waals surface area contributed by atoms with Crippen molar-refractivity contribution in [3.05, 3.63) is 0 Å². The zero-order valence-electron chi connectivity index (χ0n) is 9.22. The quantitative estimate of drug-likeness (QED) is 0.183. The molecule has 0 radical (unpaired) electrons. The Labute approximate surface area is 142 Å². The zero-order valence-corrected chi connectivity index (χ0v) is 15.4. The van der Waals surface area contributed by atoms with Gasteiger partial charge >= 0.3 is 35.9 Å². The molecule has 0 fully saturated rings. The van der Waals surface area contributed by atoms with Gasteiger partial charge in [0, 0.05) is 0 Å². The first-order valence-electron chi connectivity index (χ1n) is 2.87. The summed E-state index contributed by atoms with van der Waals surface area (Å²) in [6.45, 7) is 0. The fraction of sp³-hybridized carbons (Fsp3) is 0. The Morgan fingerprint density at radius 3 is 0.455 bits per heavy atom. The van der Waals surface area contributed by atoms with Crippen LogP contribution in [0.5, 0.6) is 0 Å². The normalized spacial score (nSPS) is 10.7. The van der Waals surface area contributed by atoms with Gasteiger partial charge in [0.25, 0.3) is 0 Å². The Hall–Kier alpha value is 1.44. The summed E-state index contributed by atoms with van der Waals surface area (Å²) in [5.74, 6) is 0. The maximum Gasteiger partial charge on any atom is 5.00 e. The molecule has 0 spiro atoms. The predicted molar refractivity (Wildman–Crippen MR) is 40.6 cm³/mol. The van der Waals surface area contributed by atoms with E-state index in [4.69, 9.17) is 57.4 Å². The summed E-state index contributed by atoms with van der Waals surface area (Å²) in [6, 6.07) is 0. The molecule has 22 heavy (non-hydrogen) atoms. The summed E-state index contributed by atoms with van der Waals surface area (Å²) in [5, 5.41) is 0. The van der Waals surface area contributed by atoms with Crippen LogP contribution in [0.25, 0.3) is 0 Å². The molecule has 0 aliphatic heterocycles. The van der Waals surface area contributed by atoms with Crippen molar-refractivity contribution in [3.8, 4) is 0 Å². The molecule has 0 saturated heterocycles. The van der Waals surface area contributed by atoms with Crippen molar-refractivity contribution in [2.24, 2.45) is 0 Å². The first kappa shape index (κ1) is 38.8. The van der Waals surface area contributed by atoms with E-state index in [1.807, 2.05) is 0 Å². The Bertz CT molecular complexity index is 304. The van der Waals surface area contributed by atoms with Crippen LogP contribution >= 0.6 is 31.6 Å². The molecule has 0 aliphatic rings. The van der Waals surface area contributed by atoms with Crippen molar-refractivity contribution < 1.29 is 92.8 Å². The molecule has 0 amide bonds. The topological polar surface area (TPSA) is 253 Å². The van der Waals surface area contributed by atoms with E-state index in [0.29, 0.717) is 0 Å². The molecule has 12 nitrogen and oxygen atoms in total. The maximum atomic E-state index is 10.1. The third-order valence-electron chi connectivity index (χ3n) is 0. The van der Waals surface area contributed by atoms with Crippen LogP contribution in [-0.4, -0.2) is 17.4 Å². The maximum absolute atomic E-state index is 10.1. The van der Waals surface area contributed by atoms with Crippen LogP contribution in [0.2, 0.25) is 0 Å². The Morgan fingerprint density at radius 2 is 0.455 bits per heavy atom. The second-order valence-corrected chi connectivity index (χ2v) is 5.17. The second-order valence-electron chi connectivity index (χ2n) is 1.72. The zero-order chi connectivity index (χ0) is 18.0. The smallest absolute Gasteiger partial charge is 0.786 e. The van der Waals surface area contributed by atoms with Crippen LogP contribution in [0.4, 0.5) is 16.8 Å². The molecular formula is AlF4O12P4V. The third-order valence-corrected chi connectivity index (χ3v) is 0. The van der Waals surface area contributed by atoms with E-state index >= 15 is 0 Å². The second kappa shape index (κ2) is 15.9. The Kier molecular flexibility index (Phi) is 28.1. The van der Waals surface area contributed by atoms with E-state index in [1.54, 1.807) is 0 Å². The molecule has 22 heteroatoms. The molecule has 0 aromatic heterocycles. The van der Waals surface area contributed by atoms with Crippen molar-refractivity contribution in [3.63, 3.8) is 0 Å². The van der Waals surface area contributed by atoms with Gasteiger partial charge in [0.15, 0.2) is 0 Å². The van der Waals surface area contributed by atoms with Gasteiger partial charge in [-0.05, 0) is 0 Å². The van der Waals surface area contributed by atoms with E-state index in [9.17, 15) is 16.8 Å². The van der Waals surface area contributed by atoms with Crippen LogP contribution in [0.1, 0.15) is 0 Å². The van der Waals surface area contributed by atoms with Gasteiger partial charge in [0.05, 0.1) is 0 Å². The average molecular weight is 470 g/mol. The monoisotopic (exact) mass is 470 g/mol. The van der Waals surface area contributed by atoms with Crippen LogP contribution in [0, 0.1) is 0 Å². The van der Waals surface area contributed by atoms with Crippen molar-refractivity contribution >= 4 is 49.0 Å². The molecule has 0 aliphatic carbocycles. The minimum Gasteiger partial charge on any atom is -0.786 e. The van der Waals surface area contributed by atoms with Gasteiger partial charge in [-0.25, -0.2) is 16.8 Å². The molecule has 128 valence electrons. The molecule has 0 rings (SSSR count). The molecule has 0 saturated carbocycles. The largest absolute Gasteiger partial charge is 5.00 e. The molecule has 0 heterocycles. The molecule has 0 N–H and O–H groups in total. The SMILES string of the molecule is O=P([O-])([O-])F.O=P([O-])([O-])F.O=P([O-])([O-])F.O=P([O-])([O-])F.[Al+3].[V+5]. The van der Waals surface area contributed by atoms with Crippen molar-refractivity contribution in [1.82, 2.24) is 0 Å². The molecule has 0 aromatic rings. The number of hydrogen-bond acceptors (Lipinski definition) is 12. The first-order valence-corrected chi connectivity index (χ1v) is 8.60. The van der Waals surface area contributed by atoms with Gasteiger partial charge < -0.3 is 57.4 Å². The molecular weight excluding hydrogens is 470 g/mol. The van der Waals surface area contributed by atoms with E-state index in [0.717, 1.165) is 0 Å². The summed E-state index contributed by atoms with van der Waals surface area (Å²) in [7, 11) is -22.6. The fourth-order valence-electron chi connectivity index (χ4n) is 0. The van der Waals surface area contributed by atoms with E-state index in [1.165, 1.54) is 0 Å². The minimum absolute atomic E-state index is 0. The summed E-state index contributed by atoms with van der Waals surface area (Å²) >= 11 is 0. The van der Waals surface area contributed by atoms with Gasteiger partial charge in [0.1, 0.15) is 31.6 Å². The van der Waals surface area contributed by atoms with Gasteiger partial charge in [-0.15, -0.1) is 0 Å². The van der Waals surface area contributed by atoms with Crippen LogP contribution in [0.15, 0.2) is 0 Å². The van der Waals surface area contributed by atoms with Gasteiger partial charge in [-0.2, -0.15) is 0 Å². The Balaban J connectivity index is -0.0000000376. The molecule has 0 bridgehead atoms. The minimum atomic E-state index is -5.64. The van der Waals surface area contributed by atoms with Crippen LogP contribution in [0.3, 0.4) is 0 Å². The summed E-state index contributed by atoms with van der Waals surface area (Å²) in [5.41, 5.74) is 0. The summed E-state index contributed by atoms with van der Waals surface area (Å²) in [4.78, 5) is 67.5. The van der Waals surface area contributed by atoms with Crippen molar-refractivity contribution in [1.29, 1.82) is 0 Å². The predicted octanol–water partition coefficient (Wildman–Crippen LogP) is -5.24. The standard InChI is InChI=1S/Al.4FH2O3P.V/c;4*1-5(2,3)4;/h;4*(H2,2,3,4);/q+3;;;;;+5/p-8. The van der Waals surface area contributed by atoms with Crippen LogP contribution in [-0.2, 0) is 36.8 Å². The number of hydrogen-bond donors (Lipinski definition) is 0.